The molecule has 1 fully saturated rings. The maximum atomic E-state index is 6.09. The maximum absolute atomic E-state index is 6.09. The number of hydrogen-bond acceptors (Lipinski definition) is 0. The van der Waals surface area contributed by atoms with E-state index in [1.807, 2.05) is 6.07 Å². The molecule has 88 valence electrons. The molecule has 2 rings (SSSR count). The average Bonchev–Trinajstić information content (AvgIpc) is 2.78. The smallest absolute Gasteiger partial charge is 0.0595 e. The van der Waals surface area contributed by atoms with Gasteiger partial charge in [-0.3, -0.25) is 0 Å². The molecule has 0 aliphatic heterocycles. The molecule has 0 saturated heterocycles. The molecule has 0 spiro atoms. The van der Waals surface area contributed by atoms with Gasteiger partial charge in [0.1, 0.15) is 0 Å². The van der Waals surface area contributed by atoms with Crippen LogP contribution >= 0.6 is 23.2 Å². The zero-order chi connectivity index (χ0) is 11.5. The lowest BCUT2D eigenvalue weighted by Gasteiger charge is -2.22. The van der Waals surface area contributed by atoms with E-state index in [9.17, 15) is 0 Å². The minimum Gasteiger partial charge on any atom is -0.0827 e. The summed E-state index contributed by atoms with van der Waals surface area (Å²) in [6.07, 6.45) is 6.73. The quantitative estimate of drug-likeness (QED) is 0.653. The van der Waals surface area contributed by atoms with Crippen LogP contribution in [-0.2, 0) is 0 Å². The average molecular weight is 257 g/mol. The topological polar surface area (TPSA) is 0 Å². The van der Waals surface area contributed by atoms with Crippen molar-refractivity contribution in [1.82, 2.24) is 0 Å². The fourth-order valence-electron chi connectivity index (χ4n) is 2.94. The van der Waals surface area contributed by atoms with Crippen molar-refractivity contribution in [1.29, 1.82) is 0 Å². The summed E-state index contributed by atoms with van der Waals surface area (Å²) in [6, 6.07) is 6.12. The van der Waals surface area contributed by atoms with Crippen molar-refractivity contribution in [2.24, 2.45) is 5.92 Å². The van der Waals surface area contributed by atoms with Gasteiger partial charge in [0, 0.05) is 0 Å². The van der Waals surface area contributed by atoms with Gasteiger partial charge in [0.15, 0.2) is 0 Å². The Balaban J connectivity index is 2.22. The SMILES string of the molecule is CCC(c1ccc(Cl)c(Cl)c1)C1CCCC1. The molecule has 1 atom stereocenters. The van der Waals surface area contributed by atoms with Crippen molar-refractivity contribution in [2.75, 3.05) is 0 Å². The molecule has 1 aromatic rings. The predicted molar refractivity (Wildman–Crippen MR) is 71.5 cm³/mol. The molecule has 0 nitrogen and oxygen atoms in total. The van der Waals surface area contributed by atoms with E-state index in [2.05, 4.69) is 19.1 Å². The van der Waals surface area contributed by atoms with Crippen LogP contribution in [0.3, 0.4) is 0 Å². The van der Waals surface area contributed by atoms with E-state index in [4.69, 9.17) is 23.2 Å². The summed E-state index contributed by atoms with van der Waals surface area (Å²) in [6.45, 7) is 2.27. The van der Waals surface area contributed by atoms with Gasteiger partial charge in [-0.15, -0.1) is 0 Å². The van der Waals surface area contributed by atoms with Gasteiger partial charge in [0.05, 0.1) is 10.0 Å². The fourth-order valence-corrected chi connectivity index (χ4v) is 3.25. The summed E-state index contributed by atoms with van der Waals surface area (Å²) >= 11 is 12.0. The number of benzene rings is 1. The molecule has 0 heterocycles. The molecule has 1 unspecified atom stereocenters. The first kappa shape index (κ1) is 12.3. The third-order valence-electron chi connectivity index (χ3n) is 3.78. The van der Waals surface area contributed by atoms with E-state index in [0.29, 0.717) is 16.0 Å². The first-order valence-electron chi connectivity index (χ1n) is 6.17. The third kappa shape index (κ3) is 2.55. The Morgan fingerprint density at radius 1 is 1.19 bits per heavy atom. The van der Waals surface area contributed by atoms with Crippen LogP contribution in [0.25, 0.3) is 0 Å². The van der Waals surface area contributed by atoms with Gasteiger partial charge in [-0.25, -0.2) is 0 Å². The standard InChI is InChI=1S/C14H18Cl2/c1-2-12(10-5-3-4-6-10)11-7-8-13(15)14(16)9-11/h7-10,12H,2-6H2,1H3. The molecular weight excluding hydrogens is 239 g/mol. The Kier molecular flexibility index (Phi) is 4.16. The molecule has 0 N–H and O–H groups in total. The minimum absolute atomic E-state index is 0.659. The summed E-state index contributed by atoms with van der Waals surface area (Å²) in [5.41, 5.74) is 1.36. The second-order valence-corrected chi connectivity index (χ2v) is 5.55. The van der Waals surface area contributed by atoms with Crippen LogP contribution in [-0.4, -0.2) is 0 Å². The highest BCUT2D eigenvalue weighted by molar-refractivity contribution is 6.42. The van der Waals surface area contributed by atoms with Gasteiger partial charge < -0.3 is 0 Å². The van der Waals surface area contributed by atoms with E-state index in [1.165, 1.54) is 37.7 Å². The lowest BCUT2D eigenvalue weighted by molar-refractivity contribution is 0.424. The van der Waals surface area contributed by atoms with Gasteiger partial charge in [-0.05, 0) is 48.8 Å². The monoisotopic (exact) mass is 256 g/mol. The number of rotatable bonds is 3. The van der Waals surface area contributed by atoms with E-state index < -0.39 is 0 Å². The molecule has 1 saturated carbocycles. The molecule has 0 aromatic heterocycles. The lowest BCUT2D eigenvalue weighted by Crippen LogP contribution is -2.08. The Bertz CT molecular complexity index is 354. The molecular formula is C14H18Cl2. The summed E-state index contributed by atoms with van der Waals surface area (Å²) in [5, 5.41) is 1.35. The van der Waals surface area contributed by atoms with Gasteiger partial charge in [-0.2, -0.15) is 0 Å². The van der Waals surface area contributed by atoms with E-state index in [0.717, 1.165) is 5.92 Å². The van der Waals surface area contributed by atoms with Crippen molar-refractivity contribution < 1.29 is 0 Å². The van der Waals surface area contributed by atoms with E-state index in [1.54, 1.807) is 0 Å². The van der Waals surface area contributed by atoms with Crippen LogP contribution in [0.1, 0.15) is 50.5 Å². The summed E-state index contributed by atoms with van der Waals surface area (Å²) in [7, 11) is 0. The van der Waals surface area contributed by atoms with Gasteiger partial charge in [-0.1, -0.05) is 49.0 Å². The molecule has 16 heavy (non-hydrogen) atoms. The zero-order valence-corrected chi connectivity index (χ0v) is 11.2. The van der Waals surface area contributed by atoms with Crippen molar-refractivity contribution in [3.05, 3.63) is 33.8 Å². The highest BCUT2D eigenvalue weighted by atomic mass is 35.5. The Morgan fingerprint density at radius 2 is 1.88 bits per heavy atom. The molecule has 1 aliphatic carbocycles. The van der Waals surface area contributed by atoms with Crippen LogP contribution < -0.4 is 0 Å². The van der Waals surface area contributed by atoms with Crippen LogP contribution in [0.5, 0.6) is 0 Å². The second kappa shape index (κ2) is 5.42. The zero-order valence-electron chi connectivity index (χ0n) is 9.68. The molecule has 1 aliphatic rings. The van der Waals surface area contributed by atoms with Crippen molar-refractivity contribution in [3.63, 3.8) is 0 Å². The molecule has 0 bridgehead atoms. The molecule has 2 heteroatoms. The third-order valence-corrected chi connectivity index (χ3v) is 4.52. The predicted octanol–water partition coefficient (Wildman–Crippen LogP) is 5.68. The van der Waals surface area contributed by atoms with Gasteiger partial charge in [0.25, 0.3) is 0 Å². The summed E-state index contributed by atoms with van der Waals surface area (Å²) < 4.78 is 0. The Hall–Kier alpha value is -0.200. The first-order valence-corrected chi connectivity index (χ1v) is 6.93. The Labute approximate surface area is 108 Å². The normalized spacial score (nSPS) is 18.9. The van der Waals surface area contributed by atoms with Crippen molar-refractivity contribution in [3.8, 4) is 0 Å². The van der Waals surface area contributed by atoms with E-state index >= 15 is 0 Å². The number of halogens is 2. The fraction of sp³-hybridized carbons (Fsp3) is 0.571. The van der Waals surface area contributed by atoms with Crippen LogP contribution in [0.15, 0.2) is 18.2 Å². The highest BCUT2D eigenvalue weighted by Crippen LogP contribution is 2.40. The van der Waals surface area contributed by atoms with Gasteiger partial charge >= 0.3 is 0 Å². The first-order chi connectivity index (χ1) is 7.72. The molecule has 1 aromatic carbocycles. The van der Waals surface area contributed by atoms with Crippen LogP contribution in [0.2, 0.25) is 10.0 Å². The molecule has 0 radical (unpaired) electrons. The summed E-state index contributed by atoms with van der Waals surface area (Å²) in [4.78, 5) is 0. The van der Waals surface area contributed by atoms with Crippen LogP contribution in [0.4, 0.5) is 0 Å². The maximum Gasteiger partial charge on any atom is 0.0595 e. The number of hydrogen-bond donors (Lipinski definition) is 0. The van der Waals surface area contributed by atoms with Crippen LogP contribution in [0, 0.1) is 5.92 Å². The lowest BCUT2D eigenvalue weighted by atomic mass is 9.83. The highest BCUT2D eigenvalue weighted by Gasteiger charge is 2.25. The van der Waals surface area contributed by atoms with Crippen molar-refractivity contribution in [2.45, 2.75) is 44.9 Å². The Morgan fingerprint density at radius 3 is 2.44 bits per heavy atom. The minimum atomic E-state index is 0.659. The largest absolute Gasteiger partial charge is 0.0827 e. The van der Waals surface area contributed by atoms with Gasteiger partial charge in [0.2, 0.25) is 0 Å². The van der Waals surface area contributed by atoms with E-state index in [-0.39, 0.29) is 0 Å². The second-order valence-electron chi connectivity index (χ2n) is 4.73. The summed E-state index contributed by atoms with van der Waals surface area (Å²) in [5.74, 6) is 1.51. The molecule has 0 amide bonds. The van der Waals surface area contributed by atoms with Crippen molar-refractivity contribution >= 4 is 23.2 Å².